The molecule has 2 amide bonds. The van der Waals surface area contributed by atoms with Gasteiger partial charge in [-0.15, -0.1) is 0 Å². The van der Waals surface area contributed by atoms with Crippen molar-refractivity contribution in [3.05, 3.63) is 34.6 Å². The Kier molecular flexibility index (Phi) is 4.52. The van der Waals surface area contributed by atoms with Crippen LogP contribution in [-0.4, -0.2) is 28.8 Å². The Morgan fingerprint density at radius 1 is 1.33 bits per heavy atom. The molecular weight excluding hydrogens is 295 g/mol. The van der Waals surface area contributed by atoms with Crippen molar-refractivity contribution < 1.29 is 14.0 Å². The molecule has 0 spiro atoms. The van der Waals surface area contributed by atoms with Gasteiger partial charge in [0.2, 0.25) is 11.8 Å². The van der Waals surface area contributed by atoms with Crippen molar-refractivity contribution >= 4 is 23.4 Å². The second kappa shape index (κ2) is 6.02. The van der Waals surface area contributed by atoms with Crippen molar-refractivity contribution in [1.29, 1.82) is 0 Å². The van der Waals surface area contributed by atoms with E-state index in [9.17, 15) is 14.0 Å². The fourth-order valence-electron chi connectivity index (χ4n) is 2.79. The predicted octanol–water partition coefficient (Wildman–Crippen LogP) is 2.50. The van der Waals surface area contributed by atoms with Crippen molar-refractivity contribution in [3.8, 4) is 0 Å². The lowest BCUT2D eigenvalue weighted by atomic mass is 9.87. The minimum absolute atomic E-state index is 0.0458. The van der Waals surface area contributed by atoms with E-state index in [1.165, 1.54) is 11.0 Å². The average Bonchev–Trinajstić information content (AvgIpc) is 2.46. The Morgan fingerprint density at radius 3 is 2.57 bits per heavy atom. The van der Waals surface area contributed by atoms with Gasteiger partial charge in [0.1, 0.15) is 11.4 Å². The van der Waals surface area contributed by atoms with E-state index >= 15 is 0 Å². The van der Waals surface area contributed by atoms with Gasteiger partial charge in [0.05, 0.1) is 6.54 Å². The van der Waals surface area contributed by atoms with Crippen molar-refractivity contribution in [1.82, 2.24) is 10.2 Å². The summed E-state index contributed by atoms with van der Waals surface area (Å²) < 4.78 is 14.0. The van der Waals surface area contributed by atoms with Gasteiger partial charge in [-0.1, -0.05) is 31.5 Å². The maximum Gasteiger partial charge on any atom is 0.246 e. The highest BCUT2D eigenvalue weighted by Crippen LogP contribution is 2.30. The van der Waals surface area contributed by atoms with E-state index < -0.39 is 11.4 Å². The van der Waals surface area contributed by atoms with E-state index in [-0.39, 0.29) is 24.9 Å². The highest BCUT2D eigenvalue weighted by atomic mass is 35.5. The van der Waals surface area contributed by atoms with Gasteiger partial charge in [-0.05, 0) is 25.0 Å². The van der Waals surface area contributed by atoms with Crippen molar-refractivity contribution in [2.45, 2.75) is 38.8 Å². The Morgan fingerprint density at radius 2 is 2.00 bits per heavy atom. The smallest absolute Gasteiger partial charge is 0.246 e. The van der Waals surface area contributed by atoms with Crippen LogP contribution in [0.3, 0.4) is 0 Å². The molecule has 1 aromatic rings. The first kappa shape index (κ1) is 15.8. The minimum atomic E-state index is -0.915. The molecule has 0 saturated carbocycles. The zero-order chi connectivity index (χ0) is 15.6. The maximum absolute atomic E-state index is 14.0. The van der Waals surface area contributed by atoms with E-state index in [1.54, 1.807) is 12.1 Å². The monoisotopic (exact) mass is 312 g/mol. The largest absolute Gasteiger partial charge is 0.345 e. The second-order valence-corrected chi connectivity index (χ2v) is 5.57. The van der Waals surface area contributed by atoms with Gasteiger partial charge in [0, 0.05) is 17.1 Å². The Hall–Kier alpha value is -1.62. The highest BCUT2D eigenvalue weighted by molar-refractivity contribution is 6.30. The molecule has 0 radical (unpaired) electrons. The standard InChI is InChI=1S/C15H18ClFN2O2/c1-3-15(4-2)14(21)18-8-13(20)19(15)9-10-5-6-11(16)7-12(10)17/h5-7H,3-4,8-9H2,1-2H3,(H,18,21). The summed E-state index contributed by atoms with van der Waals surface area (Å²) in [5, 5.41) is 2.92. The van der Waals surface area contributed by atoms with E-state index in [4.69, 9.17) is 11.6 Å². The molecule has 2 rings (SSSR count). The summed E-state index contributed by atoms with van der Waals surface area (Å²) in [4.78, 5) is 25.9. The Labute approximate surface area is 128 Å². The fourth-order valence-corrected chi connectivity index (χ4v) is 2.95. The molecule has 0 unspecified atom stereocenters. The van der Waals surface area contributed by atoms with Gasteiger partial charge in [-0.3, -0.25) is 9.59 Å². The lowest BCUT2D eigenvalue weighted by Gasteiger charge is -2.45. The number of carbonyl (C=O) groups excluding carboxylic acids is 2. The third kappa shape index (κ3) is 2.75. The number of hydrogen-bond donors (Lipinski definition) is 1. The zero-order valence-corrected chi connectivity index (χ0v) is 12.8. The Balaban J connectivity index is 2.37. The van der Waals surface area contributed by atoms with Crippen LogP contribution in [0.5, 0.6) is 0 Å². The van der Waals surface area contributed by atoms with E-state index in [2.05, 4.69) is 5.32 Å². The molecule has 1 aliphatic heterocycles. The molecule has 0 aliphatic carbocycles. The van der Waals surface area contributed by atoms with Gasteiger partial charge in [-0.25, -0.2) is 4.39 Å². The van der Waals surface area contributed by atoms with Crippen LogP contribution in [0.4, 0.5) is 4.39 Å². The van der Waals surface area contributed by atoms with Gasteiger partial charge in [0.15, 0.2) is 0 Å². The molecule has 1 aliphatic rings. The second-order valence-electron chi connectivity index (χ2n) is 5.14. The summed E-state index contributed by atoms with van der Waals surface area (Å²) in [5.74, 6) is -0.850. The van der Waals surface area contributed by atoms with Crippen LogP contribution in [0.15, 0.2) is 18.2 Å². The van der Waals surface area contributed by atoms with Gasteiger partial charge in [-0.2, -0.15) is 0 Å². The van der Waals surface area contributed by atoms with Gasteiger partial charge >= 0.3 is 0 Å². The van der Waals surface area contributed by atoms with Crippen molar-refractivity contribution in [2.24, 2.45) is 0 Å². The molecule has 0 aromatic heterocycles. The first-order valence-electron chi connectivity index (χ1n) is 6.97. The quantitative estimate of drug-likeness (QED) is 0.928. The highest BCUT2D eigenvalue weighted by Gasteiger charge is 2.46. The fraction of sp³-hybridized carbons (Fsp3) is 0.467. The molecule has 1 N–H and O–H groups in total. The summed E-state index contributed by atoms with van der Waals surface area (Å²) in [6, 6.07) is 4.34. The third-order valence-electron chi connectivity index (χ3n) is 4.15. The molecule has 1 fully saturated rings. The summed E-state index contributed by atoms with van der Waals surface area (Å²) in [5.41, 5.74) is -0.560. The molecule has 6 heteroatoms. The van der Waals surface area contributed by atoms with Crippen LogP contribution in [0, 0.1) is 5.82 Å². The van der Waals surface area contributed by atoms with Crippen LogP contribution in [0.1, 0.15) is 32.3 Å². The Bertz CT molecular complexity index is 573. The summed E-state index contributed by atoms with van der Waals surface area (Å²) >= 11 is 5.74. The number of piperazine rings is 1. The topological polar surface area (TPSA) is 49.4 Å². The van der Waals surface area contributed by atoms with Gasteiger partial charge in [0.25, 0.3) is 0 Å². The SMILES string of the molecule is CCC1(CC)C(=O)NCC(=O)N1Cc1ccc(Cl)cc1F. The summed E-state index contributed by atoms with van der Waals surface area (Å²) in [7, 11) is 0. The van der Waals surface area contributed by atoms with Gasteiger partial charge < -0.3 is 10.2 Å². The van der Waals surface area contributed by atoms with Crippen LogP contribution in [-0.2, 0) is 16.1 Å². The molecule has 0 bridgehead atoms. The summed E-state index contributed by atoms with van der Waals surface area (Å²) in [6.07, 6.45) is 0.965. The molecule has 1 saturated heterocycles. The molecule has 21 heavy (non-hydrogen) atoms. The number of amides is 2. The molecule has 4 nitrogen and oxygen atoms in total. The van der Waals surface area contributed by atoms with Crippen LogP contribution < -0.4 is 5.32 Å². The van der Waals surface area contributed by atoms with E-state index in [1.807, 2.05) is 13.8 Å². The van der Waals surface area contributed by atoms with Crippen LogP contribution >= 0.6 is 11.6 Å². The maximum atomic E-state index is 14.0. The number of rotatable bonds is 4. The molecule has 0 atom stereocenters. The normalized spacial score (nSPS) is 17.8. The average molecular weight is 313 g/mol. The van der Waals surface area contributed by atoms with Crippen molar-refractivity contribution in [3.63, 3.8) is 0 Å². The molecule has 114 valence electrons. The van der Waals surface area contributed by atoms with E-state index in [0.717, 1.165) is 0 Å². The lowest BCUT2D eigenvalue weighted by molar-refractivity contribution is -0.155. The first-order valence-corrected chi connectivity index (χ1v) is 7.35. The number of nitrogens with zero attached hydrogens (tertiary/aromatic N) is 1. The molecule has 1 aromatic carbocycles. The lowest BCUT2D eigenvalue weighted by Crippen LogP contribution is -2.66. The number of hydrogen-bond acceptors (Lipinski definition) is 2. The third-order valence-corrected chi connectivity index (χ3v) is 4.39. The summed E-state index contributed by atoms with van der Waals surface area (Å²) in [6.45, 7) is 3.73. The van der Waals surface area contributed by atoms with E-state index in [0.29, 0.717) is 23.4 Å². The number of nitrogens with one attached hydrogen (secondary N) is 1. The number of halogens is 2. The molecule has 1 heterocycles. The number of benzene rings is 1. The van der Waals surface area contributed by atoms with Crippen LogP contribution in [0.2, 0.25) is 5.02 Å². The van der Waals surface area contributed by atoms with Crippen LogP contribution in [0.25, 0.3) is 0 Å². The zero-order valence-electron chi connectivity index (χ0n) is 12.1. The first-order chi connectivity index (χ1) is 9.94. The number of carbonyl (C=O) groups is 2. The predicted molar refractivity (Wildman–Crippen MR) is 78.3 cm³/mol. The minimum Gasteiger partial charge on any atom is -0.345 e. The molecular formula is C15H18ClFN2O2. The van der Waals surface area contributed by atoms with Crippen molar-refractivity contribution in [2.75, 3.05) is 6.54 Å².